The summed E-state index contributed by atoms with van der Waals surface area (Å²) in [7, 11) is 2.38. The Hall–Kier alpha value is -1.60. The van der Waals surface area contributed by atoms with E-state index in [9.17, 15) is 9.59 Å². The highest BCUT2D eigenvalue weighted by atomic mass is 79.9. The topological polar surface area (TPSA) is 61.8 Å². The van der Waals surface area contributed by atoms with Crippen molar-refractivity contribution >= 4 is 49.9 Å². The Balaban J connectivity index is 3.25. The number of esters is 2. The summed E-state index contributed by atoms with van der Waals surface area (Å²) in [5.74, 6) is -0.952. The first-order valence-electron chi connectivity index (χ1n) is 6.05. The third-order valence-corrected chi connectivity index (χ3v) is 3.67. The lowest BCUT2D eigenvalue weighted by molar-refractivity contribution is -0.143. The summed E-state index contributed by atoms with van der Waals surface area (Å²) < 4.78 is 16.0. The molecule has 0 radical (unpaired) electrons. The van der Waals surface area contributed by atoms with Gasteiger partial charge in [-0.25, -0.2) is 9.59 Å². The molecule has 5 nitrogen and oxygen atoms in total. The maximum absolute atomic E-state index is 11.6. The maximum Gasteiger partial charge on any atom is 0.345 e. The average Bonchev–Trinajstić information content (AvgIpc) is 2.50. The van der Waals surface area contributed by atoms with Gasteiger partial charge in [0.1, 0.15) is 17.9 Å². The van der Waals surface area contributed by atoms with E-state index in [4.69, 9.17) is 4.74 Å². The van der Waals surface area contributed by atoms with Crippen LogP contribution in [0.3, 0.4) is 0 Å². The molecule has 0 unspecified atom stereocenters. The van der Waals surface area contributed by atoms with Gasteiger partial charge in [0.05, 0.1) is 23.2 Å². The largest absolute Gasteiger partial charge is 0.487 e. The highest BCUT2D eigenvalue weighted by Gasteiger charge is 2.20. The van der Waals surface area contributed by atoms with Crippen LogP contribution >= 0.6 is 31.9 Å². The van der Waals surface area contributed by atoms with Gasteiger partial charge in [-0.15, -0.1) is 0 Å². The molecule has 0 bridgehead atoms. The molecule has 0 aromatic heterocycles. The minimum atomic E-state index is -0.772. The van der Waals surface area contributed by atoms with Crippen molar-refractivity contribution in [3.63, 3.8) is 0 Å². The number of carbonyl (C=O) groups excluding carboxylic acids is 2. The van der Waals surface area contributed by atoms with Gasteiger partial charge in [-0.3, -0.25) is 0 Å². The van der Waals surface area contributed by atoms with Crippen molar-refractivity contribution in [2.75, 3.05) is 20.8 Å². The van der Waals surface area contributed by atoms with E-state index < -0.39 is 11.9 Å². The number of hydrogen-bond donors (Lipinski definition) is 0. The number of halogens is 2. The Morgan fingerprint density at radius 2 is 1.64 bits per heavy atom. The van der Waals surface area contributed by atoms with Gasteiger partial charge in [0.2, 0.25) is 0 Å². The molecule has 0 saturated carbocycles. The summed E-state index contributed by atoms with van der Waals surface area (Å²) in [6.07, 6.45) is 3.00. The molecule has 7 heteroatoms. The fraction of sp³-hybridized carbons (Fsp3) is 0.200. The standard InChI is InChI=1S/C15H14Br2O5/c1-4-5-22-13-11(16)7-9(8-12(13)17)6-10(14(18)20-2)15(19)21-3/h4,6-8H,1,5H2,2-3H3. The van der Waals surface area contributed by atoms with Gasteiger partial charge in [0.15, 0.2) is 0 Å². The van der Waals surface area contributed by atoms with Crippen LogP contribution in [0.25, 0.3) is 6.08 Å². The lowest BCUT2D eigenvalue weighted by atomic mass is 10.1. The maximum atomic E-state index is 11.6. The van der Waals surface area contributed by atoms with Crippen LogP contribution in [0, 0.1) is 0 Å². The first kappa shape index (κ1) is 18.4. The molecule has 118 valence electrons. The SMILES string of the molecule is C=CCOc1c(Br)cc(C=C(C(=O)OC)C(=O)OC)cc1Br. The predicted molar refractivity (Wildman–Crippen MR) is 89.5 cm³/mol. The monoisotopic (exact) mass is 432 g/mol. The van der Waals surface area contributed by atoms with Crippen LogP contribution < -0.4 is 4.74 Å². The molecule has 0 amide bonds. The van der Waals surface area contributed by atoms with Gasteiger partial charge < -0.3 is 14.2 Å². The number of rotatable bonds is 6. The van der Waals surface area contributed by atoms with Gasteiger partial charge in [-0.2, -0.15) is 0 Å². The fourth-order valence-corrected chi connectivity index (χ4v) is 2.98. The van der Waals surface area contributed by atoms with Gasteiger partial charge in [0, 0.05) is 0 Å². The predicted octanol–water partition coefficient (Wildman–Crippen LogP) is 3.51. The minimum Gasteiger partial charge on any atom is -0.487 e. The summed E-state index contributed by atoms with van der Waals surface area (Å²) in [6, 6.07) is 3.41. The van der Waals surface area contributed by atoms with E-state index in [2.05, 4.69) is 47.9 Å². The molecule has 0 N–H and O–H groups in total. The Morgan fingerprint density at radius 3 is 2.05 bits per heavy atom. The van der Waals surface area contributed by atoms with Crippen molar-refractivity contribution in [1.29, 1.82) is 0 Å². The summed E-state index contributed by atoms with van der Waals surface area (Å²) >= 11 is 6.75. The fourth-order valence-electron chi connectivity index (χ4n) is 1.53. The van der Waals surface area contributed by atoms with E-state index in [0.29, 0.717) is 26.9 Å². The molecule has 1 aromatic carbocycles. The van der Waals surface area contributed by atoms with Crippen LogP contribution in [-0.2, 0) is 19.1 Å². The molecule has 0 aliphatic heterocycles. The van der Waals surface area contributed by atoms with Crippen LogP contribution in [0.1, 0.15) is 5.56 Å². The van der Waals surface area contributed by atoms with Crippen LogP contribution in [0.4, 0.5) is 0 Å². The van der Waals surface area contributed by atoms with Gasteiger partial charge in [-0.1, -0.05) is 12.7 Å². The molecule has 1 rings (SSSR count). The lowest BCUT2D eigenvalue weighted by Crippen LogP contribution is -2.15. The molecule has 0 atom stereocenters. The molecule has 0 aliphatic rings. The van der Waals surface area contributed by atoms with Crippen LogP contribution in [-0.4, -0.2) is 32.8 Å². The third-order valence-electron chi connectivity index (χ3n) is 2.49. The quantitative estimate of drug-likeness (QED) is 0.226. The van der Waals surface area contributed by atoms with Crippen molar-refractivity contribution in [3.8, 4) is 5.75 Å². The second-order valence-electron chi connectivity index (χ2n) is 3.95. The average molecular weight is 434 g/mol. The zero-order valence-corrected chi connectivity index (χ0v) is 15.2. The number of methoxy groups -OCH3 is 2. The highest BCUT2D eigenvalue weighted by molar-refractivity contribution is 9.11. The smallest absolute Gasteiger partial charge is 0.345 e. The van der Waals surface area contributed by atoms with Gasteiger partial charge >= 0.3 is 11.9 Å². The Bertz CT molecular complexity index is 581. The normalized spacial score (nSPS) is 9.64. The molecule has 1 aromatic rings. The molecule has 0 heterocycles. The highest BCUT2D eigenvalue weighted by Crippen LogP contribution is 2.35. The Morgan fingerprint density at radius 1 is 1.14 bits per heavy atom. The Kier molecular flexibility index (Phi) is 7.34. The minimum absolute atomic E-state index is 0.205. The summed E-state index contributed by atoms with van der Waals surface area (Å²) in [6.45, 7) is 3.93. The first-order chi connectivity index (χ1) is 10.4. The molecule has 0 aliphatic carbocycles. The third kappa shape index (κ3) is 4.71. The number of carbonyl (C=O) groups is 2. The van der Waals surface area contributed by atoms with E-state index in [1.54, 1.807) is 18.2 Å². The summed E-state index contributed by atoms with van der Waals surface area (Å²) in [5.41, 5.74) is 0.388. The summed E-state index contributed by atoms with van der Waals surface area (Å²) in [5, 5.41) is 0. The van der Waals surface area contributed by atoms with Crippen molar-refractivity contribution in [1.82, 2.24) is 0 Å². The number of hydrogen-bond acceptors (Lipinski definition) is 5. The molecule has 0 fully saturated rings. The molecular formula is C15H14Br2O5. The van der Waals surface area contributed by atoms with E-state index in [1.165, 1.54) is 20.3 Å². The van der Waals surface area contributed by atoms with Crippen molar-refractivity contribution in [3.05, 3.63) is 44.9 Å². The van der Waals surface area contributed by atoms with Gasteiger partial charge in [-0.05, 0) is 55.6 Å². The zero-order chi connectivity index (χ0) is 16.7. The Labute approximate surface area is 145 Å². The number of benzene rings is 1. The second kappa shape index (κ2) is 8.75. The lowest BCUT2D eigenvalue weighted by Gasteiger charge is -2.10. The van der Waals surface area contributed by atoms with E-state index in [0.717, 1.165) is 0 Å². The van der Waals surface area contributed by atoms with Crippen LogP contribution in [0.5, 0.6) is 5.75 Å². The van der Waals surface area contributed by atoms with Crippen molar-refractivity contribution < 1.29 is 23.8 Å². The zero-order valence-electron chi connectivity index (χ0n) is 12.0. The van der Waals surface area contributed by atoms with Crippen LogP contribution in [0.15, 0.2) is 39.3 Å². The summed E-state index contributed by atoms with van der Waals surface area (Å²) in [4.78, 5) is 23.3. The number of ether oxygens (including phenoxy) is 3. The first-order valence-corrected chi connectivity index (χ1v) is 7.64. The molecule has 0 saturated heterocycles. The van der Waals surface area contributed by atoms with E-state index in [-0.39, 0.29) is 5.57 Å². The van der Waals surface area contributed by atoms with Crippen LogP contribution in [0.2, 0.25) is 0 Å². The van der Waals surface area contributed by atoms with E-state index >= 15 is 0 Å². The van der Waals surface area contributed by atoms with Crippen molar-refractivity contribution in [2.24, 2.45) is 0 Å². The molecular weight excluding hydrogens is 420 g/mol. The molecule has 0 spiro atoms. The van der Waals surface area contributed by atoms with E-state index in [1.807, 2.05) is 0 Å². The second-order valence-corrected chi connectivity index (χ2v) is 5.66. The van der Waals surface area contributed by atoms with Gasteiger partial charge in [0.25, 0.3) is 0 Å². The van der Waals surface area contributed by atoms with Crippen molar-refractivity contribution in [2.45, 2.75) is 0 Å². The molecule has 22 heavy (non-hydrogen) atoms.